The van der Waals surface area contributed by atoms with Gasteiger partial charge in [0, 0.05) is 30.1 Å². The summed E-state index contributed by atoms with van der Waals surface area (Å²) in [6.45, 7) is 4.50. The van der Waals surface area contributed by atoms with Crippen LogP contribution in [0.2, 0.25) is 0 Å². The predicted octanol–water partition coefficient (Wildman–Crippen LogP) is 2.91. The van der Waals surface area contributed by atoms with E-state index in [1.54, 1.807) is 35.8 Å². The van der Waals surface area contributed by atoms with E-state index in [0.29, 0.717) is 18.7 Å². The van der Waals surface area contributed by atoms with Crippen molar-refractivity contribution in [2.24, 2.45) is 0 Å². The van der Waals surface area contributed by atoms with Crippen LogP contribution in [-0.2, 0) is 11.2 Å². The summed E-state index contributed by atoms with van der Waals surface area (Å²) in [6, 6.07) is 5.59. The van der Waals surface area contributed by atoms with E-state index in [1.807, 2.05) is 30.0 Å². The molecule has 0 saturated heterocycles. The Bertz CT molecular complexity index is 846. The first kappa shape index (κ1) is 16.2. The van der Waals surface area contributed by atoms with Crippen molar-refractivity contribution in [2.45, 2.75) is 20.3 Å². The van der Waals surface area contributed by atoms with Gasteiger partial charge < -0.3 is 9.73 Å². The van der Waals surface area contributed by atoms with E-state index in [4.69, 9.17) is 4.42 Å². The number of nitrogens with zero attached hydrogens (tertiary/aromatic N) is 3. The summed E-state index contributed by atoms with van der Waals surface area (Å²) in [6.07, 6.45) is 5.34. The van der Waals surface area contributed by atoms with Crippen molar-refractivity contribution in [1.82, 2.24) is 20.1 Å². The van der Waals surface area contributed by atoms with Crippen LogP contribution >= 0.6 is 11.3 Å². The average molecular weight is 342 g/mol. The first-order valence-electron chi connectivity index (χ1n) is 7.59. The molecular weight excluding hydrogens is 324 g/mol. The lowest BCUT2D eigenvalue weighted by Crippen LogP contribution is -2.23. The minimum absolute atomic E-state index is 0.152. The molecule has 0 bridgehead atoms. The number of furan rings is 1. The van der Waals surface area contributed by atoms with E-state index < -0.39 is 0 Å². The van der Waals surface area contributed by atoms with Crippen molar-refractivity contribution in [3.8, 4) is 5.13 Å². The molecule has 24 heavy (non-hydrogen) atoms. The van der Waals surface area contributed by atoms with E-state index in [0.717, 1.165) is 22.2 Å². The Kier molecular flexibility index (Phi) is 4.90. The maximum Gasteiger partial charge on any atom is 0.244 e. The maximum absolute atomic E-state index is 11.7. The van der Waals surface area contributed by atoms with Crippen LogP contribution in [0.15, 0.2) is 40.3 Å². The molecule has 0 fully saturated rings. The predicted molar refractivity (Wildman–Crippen MR) is 93.2 cm³/mol. The Hall–Kier alpha value is -2.67. The largest absolute Gasteiger partial charge is 0.465 e. The Morgan fingerprint density at radius 3 is 3.04 bits per heavy atom. The molecule has 6 nitrogen and oxygen atoms in total. The number of thiazole rings is 1. The third-order valence-corrected chi connectivity index (χ3v) is 4.22. The molecule has 7 heteroatoms. The fourth-order valence-corrected chi connectivity index (χ4v) is 3.11. The van der Waals surface area contributed by atoms with Crippen LogP contribution < -0.4 is 5.32 Å². The lowest BCUT2D eigenvalue weighted by molar-refractivity contribution is -0.116. The number of nitrogens with one attached hydrogen (secondary N) is 1. The second-order valence-electron chi connectivity index (χ2n) is 5.35. The van der Waals surface area contributed by atoms with Gasteiger partial charge in [-0.3, -0.25) is 4.79 Å². The van der Waals surface area contributed by atoms with E-state index in [1.165, 1.54) is 6.08 Å². The van der Waals surface area contributed by atoms with Crippen molar-refractivity contribution in [2.75, 3.05) is 6.54 Å². The van der Waals surface area contributed by atoms with Gasteiger partial charge in [0.1, 0.15) is 5.76 Å². The molecule has 0 aliphatic carbocycles. The van der Waals surface area contributed by atoms with Gasteiger partial charge in [-0.1, -0.05) is 0 Å². The summed E-state index contributed by atoms with van der Waals surface area (Å²) in [5, 5.41) is 10.1. The van der Waals surface area contributed by atoms with E-state index >= 15 is 0 Å². The van der Waals surface area contributed by atoms with E-state index in [2.05, 4.69) is 15.4 Å². The number of hydrogen-bond donors (Lipinski definition) is 1. The first-order valence-corrected chi connectivity index (χ1v) is 8.47. The Balaban J connectivity index is 1.51. The number of aromatic nitrogens is 3. The van der Waals surface area contributed by atoms with Crippen LogP contribution in [0.4, 0.5) is 0 Å². The summed E-state index contributed by atoms with van der Waals surface area (Å²) in [5.74, 6) is 0.500. The van der Waals surface area contributed by atoms with Gasteiger partial charge in [-0.15, -0.1) is 11.3 Å². The number of carbonyl (C=O) groups excluding carboxylic acids is 1. The van der Waals surface area contributed by atoms with E-state index in [-0.39, 0.29) is 5.91 Å². The quantitative estimate of drug-likeness (QED) is 0.699. The zero-order valence-corrected chi connectivity index (χ0v) is 14.3. The lowest BCUT2D eigenvalue weighted by Gasteiger charge is -2.00. The maximum atomic E-state index is 11.7. The summed E-state index contributed by atoms with van der Waals surface area (Å²) >= 11 is 1.55. The summed E-state index contributed by atoms with van der Waals surface area (Å²) in [4.78, 5) is 16.3. The molecule has 0 radical (unpaired) electrons. The lowest BCUT2D eigenvalue weighted by atomic mass is 10.3. The highest BCUT2D eigenvalue weighted by Gasteiger charge is 2.08. The SMILES string of the molecule is Cc1cc(C)n(-c2nc(CCNC(=O)/C=C/c3ccco3)cs2)n1. The molecule has 0 saturated carbocycles. The van der Waals surface area contributed by atoms with Gasteiger partial charge in [0.2, 0.25) is 11.0 Å². The van der Waals surface area contributed by atoms with Gasteiger partial charge in [0.15, 0.2) is 0 Å². The van der Waals surface area contributed by atoms with Crippen LogP contribution in [0.25, 0.3) is 11.2 Å². The highest BCUT2D eigenvalue weighted by atomic mass is 32.1. The van der Waals surface area contributed by atoms with Crippen molar-refractivity contribution >= 4 is 23.3 Å². The molecule has 0 aliphatic heterocycles. The van der Waals surface area contributed by atoms with Crippen LogP contribution in [0.1, 0.15) is 22.8 Å². The molecular formula is C17H18N4O2S. The zero-order chi connectivity index (χ0) is 16.9. The van der Waals surface area contributed by atoms with Crippen molar-refractivity contribution in [3.05, 3.63) is 58.8 Å². The van der Waals surface area contributed by atoms with Gasteiger partial charge in [0.05, 0.1) is 17.7 Å². The monoisotopic (exact) mass is 342 g/mol. The third kappa shape index (κ3) is 3.99. The highest BCUT2D eigenvalue weighted by molar-refractivity contribution is 7.12. The Labute approximate surface area is 143 Å². The molecule has 0 spiro atoms. The average Bonchev–Trinajstić information content (AvgIpc) is 3.27. The topological polar surface area (TPSA) is 73.0 Å². The minimum Gasteiger partial charge on any atom is -0.465 e. The molecule has 3 heterocycles. The van der Waals surface area contributed by atoms with Crippen LogP contribution in [-0.4, -0.2) is 27.2 Å². The molecule has 1 N–H and O–H groups in total. The third-order valence-electron chi connectivity index (χ3n) is 3.35. The smallest absolute Gasteiger partial charge is 0.244 e. The number of amides is 1. The van der Waals surface area contributed by atoms with Gasteiger partial charge in [-0.05, 0) is 38.1 Å². The van der Waals surface area contributed by atoms with Gasteiger partial charge >= 0.3 is 0 Å². The second kappa shape index (κ2) is 7.27. The van der Waals surface area contributed by atoms with Crippen LogP contribution in [0.5, 0.6) is 0 Å². The first-order chi connectivity index (χ1) is 11.6. The summed E-state index contributed by atoms with van der Waals surface area (Å²) in [7, 11) is 0. The van der Waals surface area contributed by atoms with Gasteiger partial charge in [0.25, 0.3) is 0 Å². The van der Waals surface area contributed by atoms with Crippen LogP contribution in [0.3, 0.4) is 0 Å². The van der Waals surface area contributed by atoms with E-state index in [9.17, 15) is 4.79 Å². The summed E-state index contributed by atoms with van der Waals surface area (Å²) in [5.41, 5.74) is 2.97. The molecule has 1 amide bonds. The van der Waals surface area contributed by atoms with Crippen molar-refractivity contribution < 1.29 is 9.21 Å². The fraction of sp³-hybridized carbons (Fsp3) is 0.235. The fourth-order valence-electron chi connectivity index (χ4n) is 2.25. The zero-order valence-electron chi connectivity index (χ0n) is 13.5. The minimum atomic E-state index is -0.152. The molecule has 3 aromatic rings. The van der Waals surface area contributed by atoms with Crippen molar-refractivity contribution in [3.63, 3.8) is 0 Å². The normalized spacial score (nSPS) is 11.2. The molecule has 124 valence electrons. The second-order valence-corrected chi connectivity index (χ2v) is 6.19. The molecule has 0 aliphatic rings. The molecule has 0 atom stereocenters. The highest BCUT2D eigenvalue weighted by Crippen LogP contribution is 2.17. The molecule has 3 rings (SSSR count). The number of aryl methyl sites for hydroxylation is 2. The Morgan fingerprint density at radius 1 is 1.46 bits per heavy atom. The molecule has 3 aromatic heterocycles. The molecule has 0 aromatic carbocycles. The van der Waals surface area contributed by atoms with Crippen LogP contribution in [0, 0.1) is 13.8 Å². The number of rotatable bonds is 6. The number of hydrogen-bond acceptors (Lipinski definition) is 5. The summed E-state index contributed by atoms with van der Waals surface area (Å²) < 4.78 is 6.97. The number of carbonyl (C=O) groups is 1. The molecule has 0 unspecified atom stereocenters. The van der Waals surface area contributed by atoms with Gasteiger partial charge in [-0.2, -0.15) is 5.10 Å². The Morgan fingerprint density at radius 2 is 2.33 bits per heavy atom. The van der Waals surface area contributed by atoms with Gasteiger partial charge in [-0.25, -0.2) is 9.67 Å². The standard InChI is InChI=1S/C17H18N4O2S/c1-12-10-13(2)21(20-12)17-19-14(11-24-17)7-8-18-16(22)6-5-15-4-3-9-23-15/h3-6,9-11H,7-8H2,1-2H3,(H,18,22)/b6-5+. The van der Waals surface area contributed by atoms with Crippen molar-refractivity contribution in [1.29, 1.82) is 0 Å².